The molecule has 42 valence electrons. The Morgan fingerprint density at radius 3 is 2.00 bits per heavy atom. The van der Waals surface area contributed by atoms with Crippen molar-refractivity contribution < 1.29 is 0 Å². The SMILES string of the molecule is CCC1SC1(C)C. The monoisotopic (exact) mass is 116 g/mol. The summed E-state index contributed by atoms with van der Waals surface area (Å²) in [5.74, 6) is 0. The van der Waals surface area contributed by atoms with Gasteiger partial charge >= 0.3 is 0 Å². The molecule has 0 aromatic carbocycles. The van der Waals surface area contributed by atoms with Gasteiger partial charge in [-0.05, 0) is 20.3 Å². The van der Waals surface area contributed by atoms with E-state index in [0.29, 0.717) is 4.75 Å². The molecule has 0 aliphatic carbocycles. The van der Waals surface area contributed by atoms with Crippen LogP contribution in [0.5, 0.6) is 0 Å². The maximum atomic E-state index is 2.31. The maximum absolute atomic E-state index is 2.31. The van der Waals surface area contributed by atoms with Crippen LogP contribution in [-0.2, 0) is 0 Å². The number of hydrogen-bond acceptors (Lipinski definition) is 1. The molecule has 0 bridgehead atoms. The molecule has 1 unspecified atom stereocenters. The van der Waals surface area contributed by atoms with Crippen LogP contribution in [0.2, 0.25) is 0 Å². The molecule has 7 heavy (non-hydrogen) atoms. The highest BCUT2D eigenvalue weighted by Gasteiger charge is 2.44. The highest BCUT2D eigenvalue weighted by Crippen LogP contribution is 2.54. The summed E-state index contributed by atoms with van der Waals surface area (Å²) in [5.41, 5.74) is 0. The van der Waals surface area contributed by atoms with Crippen molar-refractivity contribution in [2.75, 3.05) is 0 Å². The van der Waals surface area contributed by atoms with Crippen molar-refractivity contribution in [2.24, 2.45) is 0 Å². The molecule has 0 radical (unpaired) electrons. The van der Waals surface area contributed by atoms with Crippen LogP contribution in [-0.4, -0.2) is 10.00 Å². The highest BCUT2D eigenvalue weighted by atomic mass is 32.2. The van der Waals surface area contributed by atoms with E-state index in [4.69, 9.17) is 0 Å². The molecule has 1 fully saturated rings. The molecule has 0 aromatic heterocycles. The van der Waals surface area contributed by atoms with Gasteiger partial charge in [-0.25, -0.2) is 0 Å². The topological polar surface area (TPSA) is 0 Å². The molecule has 1 heterocycles. The summed E-state index contributed by atoms with van der Waals surface area (Å²) in [6, 6.07) is 0. The third-order valence-electron chi connectivity index (χ3n) is 1.53. The van der Waals surface area contributed by atoms with Gasteiger partial charge in [-0.1, -0.05) is 6.92 Å². The summed E-state index contributed by atoms with van der Waals surface area (Å²) >= 11 is 2.09. The van der Waals surface area contributed by atoms with E-state index in [-0.39, 0.29) is 0 Å². The average Bonchev–Trinajstić information content (AvgIpc) is 2.13. The first-order valence-corrected chi connectivity index (χ1v) is 3.72. The first-order valence-electron chi connectivity index (χ1n) is 2.84. The Bertz CT molecular complexity index is 76.2. The first kappa shape index (κ1) is 5.49. The molecule has 0 spiro atoms. The zero-order chi connectivity index (χ0) is 5.49. The van der Waals surface area contributed by atoms with Crippen molar-refractivity contribution in [2.45, 2.75) is 37.2 Å². The molecular formula is C6H12S. The van der Waals surface area contributed by atoms with Crippen LogP contribution in [0.4, 0.5) is 0 Å². The second-order valence-electron chi connectivity index (χ2n) is 2.62. The minimum atomic E-state index is 0.634. The van der Waals surface area contributed by atoms with Crippen molar-refractivity contribution in [3.63, 3.8) is 0 Å². The molecule has 1 aliphatic heterocycles. The lowest BCUT2D eigenvalue weighted by molar-refractivity contribution is 0.737. The van der Waals surface area contributed by atoms with Crippen LogP contribution in [0.1, 0.15) is 27.2 Å². The summed E-state index contributed by atoms with van der Waals surface area (Å²) in [4.78, 5) is 0. The van der Waals surface area contributed by atoms with Crippen LogP contribution < -0.4 is 0 Å². The smallest absolute Gasteiger partial charge is 0.0225 e. The van der Waals surface area contributed by atoms with Crippen molar-refractivity contribution in [1.82, 2.24) is 0 Å². The Morgan fingerprint density at radius 1 is 1.57 bits per heavy atom. The van der Waals surface area contributed by atoms with Crippen molar-refractivity contribution in [3.05, 3.63) is 0 Å². The lowest BCUT2D eigenvalue weighted by Gasteiger charge is -1.92. The van der Waals surface area contributed by atoms with Crippen LogP contribution >= 0.6 is 11.8 Å². The zero-order valence-electron chi connectivity index (χ0n) is 5.19. The van der Waals surface area contributed by atoms with Gasteiger partial charge in [0.15, 0.2) is 0 Å². The number of rotatable bonds is 1. The molecule has 1 heteroatoms. The normalized spacial score (nSPS) is 35.6. The van der Waals surface area contributed by atoms with Gasteiger partial charge in [0.25, 0.3) is 0 Å². The average molecular weight is 116 g/mol. The molecule has 1 atom stereocenters. The van der Waals surface area contributed by atoms with E-state index in [2.05, 4.69) is 32.5 Å². The van der Waals surface area contributed by atoms with E-state index in [9.17, 15) is 0 Å². The fraction of sp³-hybridized carbons (Fsp3) is 1.00. The molecule has 1 aliphatic rings. The Hall–Kier alpha value is 0.350. The lowest BCUT2D eigenvalue weighted by atomic mass is 10.1. The molecule has 1 saturated heterocycles. The summed E-state index contributed by atoms with van der Waals surface area (Å²) in [5, 5.41) is 0.965. The Morgan fingerprint density at radius 2 is 2.00 bits per heavy atom. The van der Waals surface area contributed by atoms with Gasteiger partial charge in [0.2, 0.25) is 0 Å². The fourth-order valence-corrected chi connectivity index (χ4v) is 1.91. The van der Waals surface area contributed by atoms with Gasteiger partial charge in [0.1, 0.15) is 0 Å². The van der Waals surface area contributed by atoms with Crippen LogP contribution in [0.15, 0.2) is 0 Å². The van der Waals surface area contributed by atoms with E-state index >= 15 is 0 Å². The van der Waals surface area contributed by atoms with Gasteiger partial charge in [-0.15, -0.1) is 11.8 Å². The largest absolute Gasteiger partial charge is 0.150 e. The molecule has 0 aromatic rings. The van der Waals surface area contributed by atoms with Gasteiger partial charge in [0.05, 0.1) is 0 Å². The number of hydrogen-bond donors (Lipinski definition) is 0. The zero-order valence-corrected chi connectivity index (χ0v) is 6.01. The molecule has 0 N–H and O–H groups in total. The quantitative estimate of drug-likeness (QED) is 0.474. The summed E-state index contributed by atoms with van der Waals surface area (Å²) in [7, 11) is 0. The third-order valence-corrected chi connectivity index (χ3v) is 3.38. The maximum Gasteiger partial charge on any atom is 0.0225 e. The Labute approximate surface area is 49.7 Å². The minimum absolute atomic E-state index is 0.634. The van der Waals surface area contributed by atoms with E-state index in [0.717, 1.165) is 5.25 Å². The second kappa shape index (κ2) is 1.41. The standard InChI is InChI=1S/C6H12S/c1-4-5-6(2,3)7-5/h5H,4H2,1-3H3. The Balaban J connectivity index is 2.30. The molecule has 0 nitrogen and oxygen atoms in total. The van der Waals surface area contributed by atoms with Crippen LogP contribution in [0.25, 0.3) is 0 Å². The molecule has 1 rings (SSSR count). The predicted molar refractivity (Wildman–Crippen MR) is 35.7 cm³/mol. The molecule has 0 amide bonds. The highest BCUT2D eigenvalue weighted by molar-refractivity contribution is 8.08. The summed E-state index contributed by atoms with van der Waals surface area (Å²) < 4.78 is 0.634. The fourth-order valence-electron chi connectivity index (χ4n) is 0.908. The third kappa shape index (κ3) is 0.933. The molecule has 0 saturated carbocycles. The van der Waals surface area contributed by atoms with Crippen LogP contribution in [0, 0.1) is 0 Å². The van der Waals surface area contributed by atoms with Crippen molar-refractivity contribution in [1.29, 1.82) is 0 Å². The Kier molecular flexibility index (Phi) is 1.11. The lowest BCUT2D eigenvalue weighted by Crippen LogP contribution is -1.99. The van der Waals surface area contributed by atoms with E-state index in [1.807, 2.05) is 0 Å². The number of thioether (sulfide) groups is 1. The first-order chi connectivity index (χ1) is 3.17. The van der Waals surface area contributed by atoms with E-state index < -0.39 is 0 Å². The van der Waals surface area contributed by atoms with Gasteiger partial charge in [-0.3, -0.25) is 0 Å². The predicted octanol–water partition coefficient (Wildman–Crippen LogP) is 2.29. The van der Waals surface area contributed by atoms with Crippen molar-refractivity contribution in [3.8, 4) is 0 Å². The van der Waals surface area contributed by atoms with Crippen LogP contribution in [0.3, 0.4) is 0 Å². The summed E-state index contributed by atoms with van der Waals surface area (Å²) in [6.45, 7) is 6.88. The van der Waals surface area contributed by atoms with Gasteiger partial charge < -0.3 is 0 Å². The minimum Gasteiger partial charge on any atom is -0.150 e. The summed E-state index contributed by atoms with van der Waals surface area (Å²) in [6.07, 6.45) is 1.34. The van der Waals surface area contributed by atoms with Gasteiger partial charge in [-0.2, -0.15) is 0 Å². The van der Waals surface area contributed by atoms with E-state index in [1.165, 1.54) is 6.42 Å². The van der Waals surface area contributed by atoms with E-state index in [1.54, 1.807) is 0 Å². The van der Waals surface area contributed by atoms with Crippen molar-refractivity contribution >= 4 is 11.8 Å². The molecular weight excluding hydrogens is 104 g/mol. The van der Waals surface area contributed by atoms with Gasteiger partial charge in [0, 0.05) is 10.00 Å². The second-order valence-corrected chi connectivity index (χ2v) is 4.48.